The van der Waals surface area contributed by atoms with E-state index < -0.39 is 5.60 Å². The number of hydrogen-bond donors (Lipinski definition) is 1. The molecule has 0 fully saturated rings. The summed E-state index contributed by atoms with van der Waals surface area (Å²) in [6.07, 6.45) is 6.70. The van der Waals surface area contributed by atoms with Crippen molar-refractivity contribution in [1.29, 1.82) is 0 Å². The van der Waals surface area contributed by atoms with Crippen molar-refractivity contribution in [2.24, 2.45) is 11.8 Å². The summed E-state index contributed by atoms with van der Waals surface area (Å²) in [6.45, 7) is 12.8. The van der Waals surface area contributed by atoms with E-state index in [0.29, 0.717) is 47.5 Å². The van der Waals surface area contributed by atoms with Crippen LogP contribution < -0.4 is 0 Å². The molecule has 0 saturated heterocycles. The molecule has 164 valence electrons. The first-order chi connectivity index (χ1) is 13.4. The van der Waals surface area contributed by atoms with Gasteiger partial charge in [0, 0.05) is 28.2 Å². The van der Waals surface area contributed by atoms with Gasteiger partial charge in [-0.3, -0.25) is 14.4 Å². The average molecular weight is 405 g/mol. The Balaban J connectivity index is 2.43. The van der Waals surface area contributed by atoms with Crippen molar-refractivity contribution in [1.82, 2.24) is 0 Å². The van der Waals surface area contributed by atoms with Crippen LogP contribution >= 0.6 is 0 Å². The van der Waals surface area contributed by atoms with Crippen molar-refractivity contribution in [2.75, 3.05) is 0 Å². The molecule has 0 heterocycles. The van der Waals surface area contributed by atoms with E-state index >= 15 is 0 Å². The van der Waals surface area contributed by atoms with E-state index in [0.717, 1.165) is 32.1 Å². The summed E-state index contributed by atoms with van der Waals surface area (Å²) in [5.74, 6) is 0.882. The van der Waals surface area contributed by atoms with E-state index in [9.17, 15) is 19.5 Å². The highest BCUT2D eigenvalue weighted by Crippen LogP contribution is 2.30. The van der Waals surface area contributed by atoms with Gasteiger partial charge in [0.05, 0.1) is 5.60 Å². The van der Waals surface area contributed by atoms with Gasteiger partial charge in [0.1, 0.15) is 5.78 Å². The molecular formula is C25H40O4. The minimum atomic E-state index is -0.844. The van der Waals surface area contributed by atoms with Crippen LogP contribution in [0.1, 0.15) is 99.8 Å². The van der Waals surface area contributed by atoms with Crippen LogP contribution in [0.3, 0.4) is 0 Å². The van der Waals surface area contributed by atoms with E-state index in [4.69, 9.17) is 0 Å². The van der Waals surface area contributed by atoms with Gasteiger partial charge in [0.2, 0.25) is 0 Å². The molecule has 0 amide bonds. The molecule has 0 aliphatic heterocycles. The molecule has 0 saturated carbocycles. The summed E-state index contributed by atoms with van der Waals surface area (Å²) < 4.78 is 0. The Bertz CT molecular complexity index is 694. The predicted octanol–water partition coefficient (Wildman–Crippen LogP) is 5.52. The Morgan fingerprint density at radius 2 is 1.45 bits per heavy atom. The molecule has 0 aromatic carbocycles. The van der Waals surface area contributed by atoms with Crippen LogP contribution in [0.2, 0.25) is 0 Å². The maximum absolute atomic E-state index is 12.5. The Morgan fingerprint density at radius 3 is 2.03 bits per heavy atom. The number of aliphatic hydroxyl groups is 1. The largest absolute Gasteiger partial charge is 0.390 e. The van der Waals surface area contributed by atoms with E-state index in [1.165, 1.54) is 0 Å². The Labute approximate surface area is 176 Å². The molecule has 0 spiro atoms. The molecule has 0 aromatic rings. The van der Waals surface area contributed by atoms with Gasteiger partial charge in [-0.25, -0.2) is 0 Å². The summed E-state index contributed by atoms with van der Waals surface area (Å²) >= 11 is 0. The Hall–Kier alpha value is -1.55. The zero-order valence-corrected chi connectivity index (χ0v) is 19.5. The van der Waals surface area contributed by atoms with Gasteiger partial charge in [-0.15, -0.1) is 0 Å². The molecule has 29 heavy (non-hydrogen) atoms. The van der Waals surface area contributed by atoms with Gasteiger partial charge in [-0.2, -0.15) is 0 Å². The van der Waals surface area contributed by atoms with Crippen molar-refractivity contribution < 1.29 is 19.5 Å². The fourth-order valence-corrected chi connectivity index (χ4v) is 3.93. The molecule has 0 bridgehead atoms. The first-order valence-corrected chi connectivity index (χ1v) is 11.1. The number of rotatable bonds is 12. The van der Waals surface area contributed by atoms with Crippen LogP contribution in [0.15, 0.2) is 22.3 Å². The minimum absolute atomic E-state index is 0.0512. The summed E-state index contributed by atoms with van der Waals surface area (Å²) in [4.78, 5) is 36.1. The highest BCUT2D eigenvalue weighted by Gasteiger charge is 2.29. The number of carbonyl (C=O) groups excluding carboxylic acids is 3. The van der Waals surface area contributed by atoms with E-state index in [1.54, 1.807) is 27.7 Å². The zero-order valence-electron chi connectivity index (χ0n) is 19.5. The summed E-state index contributed by atoms with van der Waals surface area (Å²) in [7, 11) is 0. The first kappa shape index (κ1) is 25.5. The third kappa shape index (κ3) is 7.65. The standard InChI is InChI=1S/C25H40O4/c1-16(10-8-12-17(2)21(6)26)11-9-14-25(7,29)15-13-22-20(5)23(27)18(3)19(4)24(22)28/h16-17,29H,8-15H2,1-7H3/t16-,17+,25-/m1/s1. The number of ketones is 3. The summed E-state index contributed by atoms with van der Waals surface area (Å²) in [6, 6.07) is 0. The maximum atomic E-state index is 12.5. The monoisotopic (exact) mass is 404 g/mol. The molecule has 1 N–H and O–H groups in total. The van der Waals surface area contributed by atoms with E-state index in [1.807, 2.05) is 13.8 Å². The molecule has 0 radical (unpaired) electrons. The third-order valence-electron chi connectivity index (χ3n) is 6.66. The lowest BCUT2D eigenvalue weighted by Gasteiger charge is -2.26. The van der Waals surface area contributed by atoms with E-state index in [-0.39, 0.29) is 23.3 Å². The zero-order chi connectivity index (χ0) is 22.4. The summed E-state index contributed by atoms with van der Waals surface area (Å²) in [5.41, 5.74) is 1.32. The van der Waals surface area contributed by atoms with Crippen molar-refractivity contribution >= 4 is 17.3 Å². The molecule has 0 unspecified atom stereocenters. The molecule has 4 heteroatoms. The molecule has 0 aromatic heterocycles. The molecule has 1 aliphatic carbocycles. The summed E-state index contributed by atoms with van der Waals surface area (Å²) in [5, 5.41) is 10.8. The highest BCUT2D eigenvalue weighted by molar-refractivity contribution is 6.24. The molecule has 4 nitrogen and oxygen atoms in total. The normalized spacial score (nSPS) is 19.4. The van der Waals surface area contributed by atoms with Gasteiger partial charge in [0.25, 0.3) is 0 Å². The number of carbonyl (C=O) groups is 3. The first-order valence-electron chi connectivity index (χ1n) is 11.1. The van der Waals surface area contributed by atoms with Crippen LogP contribution in [0.25, 0.3) is 0 Å². The molecular weight excluding hydrogens is 364 g/mol. The fourth-order valence-electron chi connectivity index (χ4n) is 3.93. The highest BCUT2D eigenvalue weighted by atomic mass is 16.3. The topological polar surface area (TPSA) is 71.4 Å². The minimum Gasteiger partial charge on any atom is -0.390 e. The maximum Gasteiger partial charge on any atom is 0.185 e. The quantitative estimate of drug-likeness (QED) is 0.434. The fraction of sp³-hybridized carbons (Fsp3) is 0.720. The number of Topliss-reactive ketones (excluding diaryl/α,β-unsaturated/α-hetero) is 3. The van der Waals surface area contributed by atoms with Crippen molar-refractivity contribution in [3.8, 4) is 0 Å². The van der Waals surface area contributed by atoms with Gasteiger partial charge in [-0.05, 0) is 66.2 Å². The smallest absolute Gasteiger partial charge is 0.185 e. The van der Waals surface area contributed by atoms with Gasteiger partial charge in [-0.1, -0.05) is 39.5 Å². The molecule has 3 atom stereocenters. The second-order valence-corrected chi connectivity index (χ2v) is 9.45. The van der Waals surface area contributed by atoms with Gasteiger partial charge in [0.15, 0.2) is 11.6 Å². The van der Waals surface area contributed by atoms with Crippen LogP contribution in [0, 0.1) is 11.8 Å². The van der Waals surface area contributed by atoms with Crippen LogP contribution in [0.4, 0.5) is 0 Å². The van der Waals surface area contributed by atoms with Crippen LogP contribution in [-0.2, 0) is 14.4 Å². The third-order valence-corrected chi connectivity index (χ3v) is 6.66. The lowest BCUT2D eigenvalue weighted by atomic mass is 9.81. The molecule has 1 rings (SSSR count). The van der Waals surface area contributed by atoms with Gasteiger partial charge < -0.3 is 5.11 Å². The lowest BCUT2D eigenvalue weighted by molar-refractivity contribution is -0.120. The SMILES string of the molecule is CC(=O)[C@@H](C)CCC[C@@H](C)CCC[C@@](C)(O)CCC1=C(C)C(=O)C(C)=C(C)C1=O. The van der Waals surface area contributed by atoms with Gasteiger partial charge >= 0.3 is 0 Å². The predicted molar refractivity (Wildman–Crippen MR) is 118 cm³/mol. The van der Waals surface area contributed by atoms with Crippen molar-refractivity contribution in [3.05, 3.63) is 22.3 Å². The Morgan fingerprint density at radius 1 is 0.897 bits per heavy atom. The van der Waals surface area contributed by atoms with Crippen molar-refractivity contribution in [2.45, 2.75) is 105 Å². The van der Waals surface area contributed by atoms with Crippen LogP contribution in [0.5, 0.6) is 0 Å². The number of hydrogen-bond acceptors (Lipinski definition) is 4. The second-order valence-electron chi connectivity index (χ2n) is 9.45. The molecule has 1 aliphatic rings. The second kappa shape index (κ2) is 11.0. The van der Waals surface area contributed by atoms with E-state index in [2.05, 4.69) is 6.92 Å². The van der Waals surface area contributed by atoms with Crippen LogP contribution in [-0.4, -0.2) is 28.1 Å². The Kier molecular flexibility index (Phi) is 9.67. The average Bonchev–Trinajstić information content (AvgIpc) is 2.64. The van der Waals surface area contributed by atoms with Crippen molar-refractivity contribution in [3.63, 3.8) is 0 Å². The lowest BCUT2D eigenvalue weighted by Crippen LogP contribution is -2.27. The number of allylic oxidation sites excluding steroid dienone is 4.